The molecule has 34 heavy (non-hydrogen) atoms. The van der Waals surface area contributed by atoms with E-state index in [0.29, 0.717) is 40.4 Å². The van der Waals surface area contributed by atoms with Gasteiger partial charge < -0.3 is 28.8 Å². The molecule has 2 aromatic carbocycles. The highest BCUT2D eigenvalue weighted by molar-refractivity contribution is 5.81. The lowest BCUT2D eigenvalue weighted by Crippen LogP contribution is -2.01. The average molecular weight is 463 g/mol. The van der Waals surface area contributed by atoms with Crippen molar-refractivity contribution in [2.24, 2.45) is 7.05 Å². The fraction of sp³-hybridized carbons (Fsp3) is 0.240. The first-order valence-corrected chi connectivity index (χ1v) is 10.6. The third-order valence-corrected chi connectivity index (χ3v) is 5.23. The zero-order chi connectivity index (χ0) is 24.2. The summed E-state index contributed by atoms with van der Waals surface area (Å²) in [6, 6.07) is 12.8. The Morgan fingerprint density at radius 1 is 0.971 bits per heavy atom. The molecule has 4 rings (SSSR count). The van der Waals surface area contributed by atoms with Gasteiger partial charge in [-0.3, -0.25) is 9.78 Å². The Bertz CT molecular complexity index is 1320. The van der Waals surface area contributed by atoms with Crippen molar-refractivity contribution in [3.63, 3.8) is 0 Å². The van der Waals surface area contributed by atoms with Crippen LogP contribution < -0.4 is 24.3 Å². The first kappa shape index (κ1) is 22.9. The van der Waals surface area contributed by atoms with Crippen molar-refractivity contribution in [2.75, 3.05) is 26.6 Å². The summed E-state index contributed by atoms with van der Waals surface area (Å²) in [7, 11) is 6.63. The molecule has 0 radical (unpaired) electrons. The van der Waals surface area contributed by atoms with E-state index in [9.17, 15) is 4.79 Å². The molecule has 9 nitrogen and oxygen atoms in total. The molecule has 0 atom stereocenters. The Balaban J connectivity index is 1.61. The van der Waals surface area contributed by atoms with Gasteiger partial charge >= 0.3 is 0 Å². The predicted molar refractivity (Wildman–Crippen MR) is 129 cm³/mol. The molecule has 0 aliphatic rings. The van der Waals surface area contributed by atoms with Crippen molar-refractivity contribution in [1.29, 1.82) is 0 Å². The molecule has 0 saturated heterocycles. The van der Waals surface area contributed by atoms with E-state index in [0.717, 1.165) is 16.7 Å². The van der Waals surface area contributed by atoms with Gasteiger partial charge in [-0.15, -0.1) is 0 Å². The maximum absolute atomic E-state index is 11.4. The summed E-state index contributed by atoms with van der Waals surface area (Å²) < 4.78 is 24.2. The largest absolute Gasteiger partial charge is 0.493 e. The number of Topliss-reactive ketones (excluding diaryl/α,β-unsaturated/α-hetero) is 1. The van der Waals surface area contributed by atoms with Crippen molar-refractivity contribution in [3.05, 3.63) is 54.4 Å². The number of hydrogen-bond donors (Lipinski definition) is 1. The Kier molecular flexibility index (Phi) is 6.53. The van der Waals surface area contributed by atoms with E-state index < -0.39 is 0 Å². The Morgan fingerprint density at radius 2 is 1.68 bits per heavy atom. The molecule has 2 aromatic heterocycles. The molecule has 0 aliphatic carbocycles. The van der Waals surface area contributed by atoms with Gasteiger partial charge in [0.2, 0.25) is 11.7 Å². The maximum atomic E-state index is 11.4. The van der Waals surface area contributed by atoms with Gasteiger partial charge in [-0.05, 0) is 25.1 Å². The minimum Gasteiger partial charge on any atom is -0.493 e. The van der Waals surface area contributed by atoms with Crippen molar-refractivity contribution in [2.45, 2.75) is 13.3 Å². The third kappa shape index (κ3) is 4.73. The lowest BCUT2D eigenvalue weighted by Gasteiger charge is -2.15. The second kappa shape index (κ2) is 9.70. The number of fused-ring (bicyclic) bond motifs is 1. The topological polar surface area (TPSA) is 96.7 Å². The van der Waals surface area contributed by atoms with Gasteiger partial charge in [0, 0.05) is 49.6 Å². The number of anilines is 2. The Morgan fingerprint density at radius 3 is 2.32 bits per heavy atom. The van der Waals surface area contributed by atoms with Crippen LogP contribution in [0.3, 0.4) is 0 Å². The Labute approximate surface area is 197 Å². The molecule has 4 aromatic rings. The number of ether oxygens (including phenoxy) is 4. The van der Waals surface area contributed by atoms with Crippen molar-refractivity contribution in [3.8, 4) is 28.7 Å². The van der Waals surface area contributed by atoms with E-state index in [2.05, 4.69) is 10.3 Å². The fourth-order valence-electron chi connectivity index (χ4n) is 3.64. The number of nitrogens with one attached hydrogen (secondary N) is 1. The second-order valence-corrected chi connectivity index (χ2v) is 7.65. The highest BCUT2D eigenvalue weighted by Crippen LogP contribution is 2.40. The number of ketones is 1. The molecule has 9 heteroatoms. The van der Waals surface area contributed by atoms with E-state index in [1.54, 1.807) is 39.7 Å². The molecular weight excluding hydrogens is 436 g/mol. The predicted octanol–water partition coefficient (Wildman–Crippen LogP) is 4.66. The molecule has 0 amide bonds. The zero-order valence-corrected chi connectivity index (χ0v) is 19.7. The monoisotopic (exact) mass is 462 g/mol. The number of imidazole rings is 1. The van der Waals surface area contributed by atoms with Crippen molar-refractivity contribution >= 4 is 28.5 Å². The lowest BCUT2D eigenvalue weighted by atomic mass is 10.2. The summed E-state index contributed by atoms with van der Waals surface area (Å²) in [5.74, 6) is 3.52. The molecule has 0 aliphatic heterocycles. The number of aromatic nitrogens is 3. The second-order valence-electron chi connectivity index (χ2n) is 7.65. The van der Waals surface area contributed by atoms with Gasteiger partial charge in [-0.1, -0.05) is 0 Å². The summed E-state index contributed by atoms with van der Waals surface area (Å²) in [5, 5.41) is 3.31. The zero-order valence-electron chi connectivity index (χ0n) is 19.7. The summed E-state index contributed by atoms with van der Waals surface area (Å²) >= 11 is 0. The van der Waals surface area contributed by atoms with Crippen LogP contribution in [0.2, 0.25) is 0 Å². The van der Waals surface area contributed by atoms with E-state index in [-0.39, 0.29) is 12.2 Å². The average Bonchev–Trinajstić information content (AvgIpc) is 3.12. The smallest absolute Gasteiger partial charge is 0.208 e. The first-order chi connectivity index (χ1) is 16.4. The van der Waals surface area contributed by atoms with Crippen LogP contribution in [0.15, 0.2) is 48.7 Å². The van der Waals surface area contributed by atoms with Crippen LogP contribution in [0.4, 0.5) is 11.6 Å². The van der Waals surface area contributed by atoms with Gasteiger partial charge in [-0.2, -0.15) is 0 Å². The highest BCUT2D eigenvalue weighted by atomic mass is 16.5. The minimum absolute atomic E-state index is 0.0479. The highest BCUT2D eigenvalue weighted by Gasteiger charge is 2.15. The molecule has 2 heterocycles. The van der Waals surface area contributed by atoms with Crippen molar-refractivity contribution in [1.82, 2.24) is 14.5 Å². The van der Waals surface area contributed by atoms with Crippen LogP contribution in [0.25, 0.3) is 11.0 Å². The molecule has 176 valence electrons. The number of carbonyl (C=O) groups excluding carboxylic acids is 1. The molecular formula is C25H26N4O5. The third-order valence-electron chi connectivity index (χ3n) is 5.23. The maximum Gasteiger partial charge on any atom is 0.208 e. The van der Waals surface area contributed by atoms with Crippen LogP contribution in [0.5, 0.6) is 28.7 Å². The number of rotatable bonds is 9. The van der Waals surface area contributed by atoms with E-state index in [1.165, 1.54) is 6.92 Å². The number of pyridine rings is 1. The Hall–Kier alpha value is -4.27. The molecule has 0 bridgehead atoms. The lowest BCUT2D eigenvalue weighted by molar-refractivity contribution is -0.116. The normalized spacial score (nSPS) is 10.7. The van der Waals surface area contributed by atoms with Gasteiger partial charge in [-0.25, -0.2) is 4.98 Å². The molecule has 1 N–H and O–H groups in total. The van der Waals surface area contributed by atoms with Crippen LogP contribution in [0.1, 0.15) is 12.6 Å². The summed E-state index contributed by atoms with van der Waals surface area (Å²) in [6.45, 7) is 1.54. The molecule has 0 unspecified atom stereocenters. The number of methoxy groups -OCH3 is 3. The SMILES string of the molecule is COc1cc(Nc2nc3cc(Oc4ccnc(CC(C)=O)c4)ccc3n2C)cc(OC)c1OC. The molecule has 0 saturated carbocycles. The number of hydrogen-bond acceptors (Lipinski definition) is 8. The van der Waals surface area contributed by atoms with Gasteiger partial charge in [0.1, 0.15) is 17.3 Å². The molecule has 0 spiro atoms. The number of nitrogens with zero attached hydrogens (tertiary/aromatic N) is 3. The van der Waals surface area contributed by atoms with Crippen LogP contribution in [-0.4, -0.2) is 41.6 Å². The number of carbonyl (C=O) groups is 1. The standard InChI is InChI=1S/C25H26N4O5/c1-15(30)10-16-11-19(8-9-26-16)34-18-6-7-21-20(14-18)28-25(29(21)2)27-17-12-22(31-3)24(33-5)23(13-17)32-4/h6-9,11-14H,10H2,1-5H3,(H,27,28). The van der Waals surface area contributed by atoms with Crippen LogP contribution >= 0.6 is 0 Å². The molecule has 0 fully saturated rings. The van der Waals surface area contributed by atoms with Crippen LogP contribution in [0, 0.1) is 0 Å². The fourth-order valence-corrected chi connectivity index (χ4v) is 3.64. The number of aryl methyl sites for hydroxylation is 1. The quantitative estimate of drug-likeness (QED) is 0.384. The van der Waals surface area contributed by atoms with Crippen molar-refractivity contribution < 1.29 is 23.7 Å². The van der Waals surface area contributed by atoms with Crippen LogP contribution in [-0.2, 0) is 18.3 Å². The summed E-state index contributed by atoms with van der Waals surface area (Å²) in [5.41, 5.74) is 3.09. The van der Waals surface area contributed by atoms with Gasteiger partial charge in [0.05, 0.1) is 38.1 Å². The minimum atomic E-state index is 0.0479. The van der Waals surface area contributed by atoms with E-state index in [4.69, 9.17) is 23.9 Å². The van der Waals surface area contributed by atoms with Gasteiger partial charge in [0.25, 0.3) is 0 Å². The summed E-state index contributed by atoms with van der Waals surface area (Å²) in [6.07, 6.45) is 1.90. The number of benzene rings is 2. The van der Waals surface area contributed by atoms with Gasteiger partial charge in [0.15, 0.2) is 11.5 Å². The first-order valence-electron chi connectivity index (χ1n) is 10.6. The summed E-state index contributed by atoms with van der Waals surface area (Å²) in [4.78, 5) is 20.3. The van der Waals surface area contributed by atoms with E-state index in [1.807, 2.05) is 41.9 Å². The van der Waals surface area contributed by atoms with E-state index >= 15 is 0 Å².